The standard InChI is InChI=1S/C39H54FN3O9/c1-39(2,3)52-38(47)42-31(21-40)24-5-7-25(8-6-24)36(45)43-17-15-30(23-9-12-28(48-4)13-10-23)34(43)35(44)41-27-11-14-32-26(19-27)20-33(51-32)37(46)50-29-16-18-49-22-29/h11,14,19-20,23-25,28-31,34H,5-10,12-13,15-18,21-22H2,1-4H3,(H,41,44)(H,42,47)/t23?,24-,25-,28?,29?,30-,31+,34-/m0/s1. The maximum Gasteiger partial charge on any atom is 0.407 e. The number of ether oxygens (including phenoxy) is 4. The number of carbonyl (C=O) groups excluding carboxylic acids is 4. The van der Waals surface area contributed by atoms with Crippen LogP contribution in [0.15, 0.2) is 28.7 Å². The average Bonchev–Trinajstić information content (AvgIpc) is 3.90. The molecule has 286 valence electrons. The summed E-state index contributed by atoms with van der Waals surface area (Å²) in [6, 6.07) is 5.50. The van der Waals surface area contributed by atoms with Crippen LogP contribution in [0.3, 0.4) is 0 Å². The van der Waals surface area contributed by atoms with E-state index in [-0.39, 0.29) is 53.5 Å². The summed E-state index contributed by atoms with van der Waals surface area (Å²) in [7, 11) is 1.74. The number of benzene rings is 1. The minimum Gasteiger partial charge on any atom is -0.454 e. The van der Waals surface area contributed by atoms with Crippen LogP contribution in [0.1, 0.15) is 95.5 Å². The second-order valence-corrected chi connectivity index (χ2v) is 16.0. The highest BCUT2D eigenvalue weighted by Crippen LogP contribution is 2.42. The van der Waals surface area contributed by atoms with Crippen molar-refractivity contribution in [3.05, 3.63) is 30.0 Å². The van der Waals surface area contributed by atoms with Gasteiger partial charge in [-0.25, -0.2) is 14.0 Å². The molecule has 4 atom stereocenters. The normalized spacial score (nSPS) is 28.7. The molecule has 6 rings (SSSR count). The van der Waals surface area contributed by atoms with Crippen molar-refractivity contribution in [1.82, 2.24) is 10.2 Å². The fourth-order valence-electron chi connectivity index (χ4n) is 8.64. The molecule has 2 saturated heterocycles. The highest BCUT2D eigenvalue weighted by Gasteiger charge is 2.47. The van der Waals surface area contributed by atoms with Gasteiger partial charge in [0.1, 0.15) is 30.0 Å². The topological polar surface area (TPSA) is 146 Å². The van der Waals surface area contributed by atoms with Crippen LogP contribution in [0.5, 0.6) is 0 Å². The summed E-state index contributed by atoms with van der Waals surface area (Å²) in [5, 5.41) is 6.42. The van der Waals surface area contributed by atoms with Crippen LogP contribution >= 0.6 is 0 Å². The van der Waals surface area contributed by atoms with Crippen LogP contribution in [-0.4, -0.2) is 92.2 Å². The van der Waals surface area contributed by atoms with Crippen molar-refractivity contribution in [3.8, 4) is 0 Å². The zero-order valence-corrected chi connectivity index (χ0v) is 30.8. The van der Waals surface area contributed by atoms with Gasteiger partial charge in [-0.05, 0) is 121 Å². The largest absolute Gasteiger partial charge is 0.454 e. The summed E-state index contributed by atoms with van der Waals surface area (Å²) in [6.45, 7) is 5.99. The maximum atomic E-state index is 14.3. The first-order valence-electron chi connectivity index (χ1n) is 18.9. The molecule has 2 N–H and O–H groups in total. The number of esters is 1. The first-order valence-corrected chi connectivity index (χ1v) is 18.9. The number of hydrogen-bond donors (Lipinski definition) is 2. The lowest BCUT2D eigenvalue weighted by molar-refractivity contribution is -0.142. The van der Waals surface area contributed by atoms with E-state index in [0.717, 1.165) is 32.1 Å². The molecule has 4 aliphatic rings. The van der Waals surface area contributed by atoms with Gasteiger partial charge in [0.05, 0.1) is 25.4 Å². The van der Waals surface area contributed by atoms with Gasteiger partial charge in [-0.1, -0.05) is 0 Å². The number of alkyl carbamates (subject to hydrolysis) is 1. The molecule has 52 heavy (non-hydrogen) atoms. The Balaban J connectivity index is 1.13. The molecule has 1 aromatic carbocycles. The van der Waals surface area contributed by atoms with Crippen molar-refractivity contribution in [2.24, 2.45) is 23.7 Å². The van der Waals surface area contributed by atoms with Crippen LogP contribution in [0, 0.1) is 23.7 Å². The van der Waals surface area contributed by atoms with Crippen molar-refractivity contribution in [2.75, 3.05) is 38.9 Å². The zero-order valence-electron chi connectivity index (χ0n) is 30.8. The lowest BCUT2D eigenvalue weighted by atomic mass is 9.75. The third kappa shape index (κ3) is 9.07. The highest BCUT2D eigenvalue weighted by molar-refractivity contribution is 6.00. The number of carbonyl (C=O) groups is 4. The number of methoxy groups -OCH3 is 1. The maximum absolute atomic E-state index is 14.3. The van der Waals surface area contributed by atoms with E-state index < -0.39 is 36.4 Å². The number of likely N-dealkylation sites (tertiary alicyclic amines) is 1. The van der Waals surface area contributed by atoms with Gasteiger partial charge in [0.2, 0.25) is 17.6 Å². The van der Waals surface area contributed by atoms with Crippen molar-refractivity contribution in [2.45, 2.75) is 115 Å². The van der Waals surface area contributed by atoms with Crippen LogP contribution in [0.4, 0.5) is 14.9 Å². The molecule has 0 spiro atoms. The Hall–Kier alpha value is -3.71. The summed E-state index contributed by atoms with van der Waals surface area (Å²) in [5.41, 5.74) is 0.341. The number of anilines is 1. The summed E-state index contributed by atoms with van der Waals surface area (Å²) in [6.07, 6.45) is 6.66. The minimum absolute atomic E-state index is 0.00522. The molecule has 2 saturated carbocycles. The number of nitrogens with zero attached hydrogens (tertiary/aromatic N) is 1. The smallest absolute Gasteiger partial charge is 0.407 e. The number of furan rings is 1. The Labute approximate surface area is 304 Å². The molecule has 13 heteroatoms. The summed E-state index contributed by atoms with van der Waals surface area (Å²) in [4.78, 5) is 55.4. The molecule has 2 aromatic rings. The first-order chi connectivity index (χ1) is 24.9. The summed E-state index contributed by atoms with van der Waals surface area (Å²) < 4.78 is 41.6. The van der Waals surface area contributed by atoms with Crippen molar-refractivity contribution >= 4 is 40.5 Å². The number of nitrogens with one attached hydrogen (secondary N) is 2. The zero-order chi connectivity index (χ0) is 37.0. The van der Waals surface area contributed by atoms with E-state index in [0.29, 0.717) is 68.5 Å². The molecule has 0 bridgehead atoms. The Morgan fingerprint density at radius 1 is 0.962 bits per heavy atom. The lowest BCUT2D eigenvalue weighted by Crippen LogP contribution is -2.50. The molecular weight excluding hydrogens is 673 g/mol. The minimum atomic E-state index is -0.713. The van der Waals surface area contributed by atoms with Gasteiger partial charge >= 0.3 is 12.1 Å². The van der Waals surface area contributed by atoms with Gasteiger partial charge in [0.25, 0.3) is 0 Å². The van der Waals surface area contributed by atoms with E-state index >= 15 is 0 Å². The number of hydrogen-bond acceptors (Lipinski definition) is 9. The highest BCUT2D eigenvalue weighted by atomic mass is 19.1. The first kappa shape index (κ1) is 38.0. The van der Waals surface area contributed by atoms with E-state index in [4.69, 9.17) is 23.4 Å². The molecule has 1 unspecified atom stereocenters. The fraction of sp³-hybridized carbons (Fsp3) is 0.692. The molecule has 2 aliphatic heterocycles. The quantitative estimate of drug-likeness (QED) is 0.265. The second kappa shape index (κ2) is 16.5. The van der Waals surface area contributed by atoms with Crippen molar-refractivity contribution < 1.29 is 46.9 Å². The lowest BCUT2D eigenvalue weighted by Gasteiger charge is -2.38. The van der Waals surface area contributed by atoms with Gasteiger partial charge in [0, 0.05) is 37.1 Å². The van der Waals surface area contributed by atoms with Crippen LogP contribution in [0.25, 0.3) is 11.0 Å². The predicted octanol–water partition coefficient (Wildman–Crippen LogP) is 6.41. The van der Waals surface area contributed by atoms with Crippen molar-refractivity contribution in [3.63, 3.8) is 0 Å². The van der Waals surface area contributed by atoms with E-state index in [9.17, 15) is 23.6 Å². The van der Waals surface area contributed by atoms with Crippen LogP contribution < -0.4 is 10.6 Å². The SMILES string of the molecule is COC1CCC([C@@H]2CCN(C(=O)[C@H]3CC[C@H]([C@@H](CF)NC(=O)OC(C)(C)C)CC3)[C@@H]2C(=O)Nc2ccc3oc(C(=O)OC4CCOC4)cc3c2)CC1. The number of alkyl halides is 1. The molecule has 3 heterocycles. The van der Waals surface area contributed by atoms with E-state index in [1.807, 2.05) is 0 Å². The predicted molar refractivity (Wildman–Crippen MR) is 190 cm³/mol. The van der Waals surface area contributed by atoms with E-state index in [2.05, 4.69) is 10.6 Å². The molecule has 0 radical (unpaired) electrons. The van der Waals surface area contributed by atoms with Gasteiger partial charge in [0.15, 0.2) is 0 Å². The third-order valence-corrected chi connectivity index (χ3v) is 11.4. The summed E-state index contributed by atoms with van der Waals surface area (Å²) >= 11 is 0. The van der Waals surface area contributed by atoms with Gasteiger partial charge in [-0.3, -0.25) is 9.59 Å². The second-order valence-electron chi connectivity index (χ2n) is 16.0. The Morgan fingerprint density at radius 3 is 2.37 bits per heavy atom. The Morgan fingerprint density at radius 2 is 1.71 bits per heavy atom. The van der Waals surface area contributed by atoms with Crippen LogP contribution in [0.2, 0.25) is 0 Å². The number of halogens is 1. The van der Waals surface area contributed by atoms with Gasteiger partial charge in [-0.15, -0.1) is 0 Å². The van der Waals surface area contributed by atoms with Crippen molar-refractivity contribution in [1.29, 1.82) is 0 Å². The molecule has 2 aliphatic carbocycles. The van der Waals surface area contributed by atoms with Gasteiger partial charge in [-0.2, -0.15) is 0 Å². The Bertz CT molecular complexity index is 1570. The average molecular weight is 728 g/mol. The molecule has 12 nitrogen and oxygen atoms in total. The van der Waals surface area contributed by atoms with E-state index in [1.54, 1.807) is 57.0 Å². The monoisotopic (exact) mass is 727 g/mol. The molecule has 3 amide bonds. The molecule has 1 aromatic heterocycles. The number of amides is 3. The number of rotatable bonds is 10. The fourth-order valence-corrected chi connectivity index (χ4v) is 8.64. The molecular formula is C39H54FN3O9. The van der Waals surface area contributed by atoms with Gasteiger partial charge < -0.3 is 38.9 Å². The Kier molecular flexibility index (Phi) is 12.1. The molecule has 4 fully saturated rings. The van der Waals surface area contributed by atoms with E-state index in [1.165, 1.54) is 0 Å². The number of fused-ring (bicyclic) bond motifs is 1. The summed E-state index contributed by atoms with van der Waals surface area (Å²) in [5.74, 6) is -0.853. The van der Waals surface area contributed by atoms with Crippen LogP contribution in [-0.2, 0) is 28.5 Å². The third-order valence-electron chi connectivity index (χ3n) is 11.4.